The summed E-state index contributed by atoms with van der Waals surface area (Å²) in [7, 11) is 3.29. The molecule has 1 aromatic carbocycles. The van der Waals surface area contributed by atoms with Crippen LogP contribution in [0.25, 0.3) is 0 Å². The van der Waals surface area contributed by atoms with Gasteiger partial charge in [0, 0.05) is 44.1 Å². The van der Waals surface area contributed by atoms with Crippen molar-refractivity contribution in [1.82, 2.24) is 5.32 Å². The first kappa shape index (κ1) is 35.7. The molecule has 0 unspecified atom stereocenters. The lowest BCUT2D eigenvalue weighted by molar-refractivity contribution is -0.129. The Kier molecular flexibility index (Phi) is 15.6. The standard InChI is InChI=1S/C31H55N3O6/c1-20(2)23(16-22-10-11-27(39-8)28(17-22)40-15-9-14-38-7)18-25(32)26(35)19-24(21(3)4)29(36)34-13-12-31(5,6)30(33)37/h10-11,17,20-21,23-26,35H,9,12-16,18-19,32H2,1-8H3,(H2,33,37)(H,34,36)/t23-,24-,25-,26-/m0/s1. The minimum atomic E-state index is -0.822. The second-order valence-corrected chi connectivity index (χ2v) is 12.2. The van der Waals surface area contributed by atoms with Gasteiger partial charge in [-0.3, -0.25) is 9.59 Å². The van der Waals surface area contributed by atoms with E-state index in [1.54, 1.807) is 28.1 Å². The van der Waals surface area contributed by atoms with E-state index in [0.717, 1.165) is 18.4 Å². The Bertz CT molecular complexity index is 905. The molecule has 9 heteroatoms. The van der Waals surface area contributed by atoms with Gasteiger partial charge in [0.1, 0.15) is 0 Å². The van der Waals surface area contributed by atoms with Gasteiger partial charge in [-0.05, 0) is 61.1 Å². The number of hydrogen-bond acceptors (Lipinski definition) is 7. The lowest BCUT2D eigenvalue weighted by Gasteiger charge is -2.30. The lowest BCUT2D eigenvalue weighted by atomic mass is 9.80. The third kappa shape index (κ3) is 12.0. The fourth-order valence-corrected chi connectivity index (χ4v) is 4.62. The fraction of sp³-hybridized carbons (Fsp3) is 0.742. The molecule has 0 aliphatic rings. The van der Waals surface area contributed by atoms with Crippen molar-refractivity contribution in [3.8, 4) is 11.5 Å². The van der Waals surface area contributed by atoms with E-state index in [-0.39, 0.29) is 24.2 Å². The van der Waals surface area contributed by atoms with Crippen molar-refractivity contribution in [1.29, 1.82) is 0 Å². The van der Waals surface area contributed by atoms with Gasteiger partial charge in [-0.1, -0.05) is 47.6 Å². The Hall–Kier alpha value is -2.36. The number of aliphatic hydroxyl groups excluding tert-OH is 1. The largest absolute Gasteiger partial charge is 0.493 e. The number of benzene rings is 1. The molecule has 0 bridgehead atoms. The molecule has 40 heavy (non-hydrogen) atoms. The van der Waals surface area contributed by atoms with E-state index in [0.29, 0.717) is 50.0 Å². The molecule has 0 radical (unpaired) electrons. The first-order chi connectivity index (χ1) is 18.7. The molecule has 0 heterocycles. The van der Waals surface area contributed by atoms with Crippen molar-refractivity contribution in [3.63, 3.8) is 0 Å². The summed E-state index contributed by atoms with van der Waals surface area (Å²) in [6, 6.07) is 5.50. The van der Waals surface area contributed by atoms with Crippen LogP contribution >= 0.6 is 0 Å². The smallest absolute Gasteiger partial charge is 0.223 e. The Morgan fingerprint density at radius 1 is 1.02 bits per heavy atom. The highest BCUT2D eigenvalue weighted by molar-refractivity contribution is 5.80. The quantitative estimate of drug-likeness (QED) is 0.176. The number of methoxy groups -OCH3 is 2. The molecule has 0 saturated carbocycles. The zero-order valence-electron chi connectivity index (χ0n) is 26.0. The van der Waals surface area contributed by atoms with Crippen LogP contribution in [0.4, 0.5) is 0 Å². The summed E-state index contributed by atoms with van der Waals surface area (Å²) < 4.78 is 16.5. The van der Waals surface area contributed by atoms with Crippen molar-refractivity contribution in [2.24, 2.45) is 40.6 Å². The first-order valence-electron chi connectivity index (χ1n) is 14.5. The van der Waals surface area contributed by atoms with Crippen LogP contribution in [0, 0.1) is 29.1 Å². The number of primary amides is 1. The molecule has 4 atom stereocenters. The minimum absolute atomic E-state index is 0.0218. The number of aliphatic hydroxyl groups is 1. The average Bonchev–Trinajstić information content (AvgIpc) is 2.88. The SMILES string of the molecule is COCCCOc1cc(C[C@@H](C[C@H](N)[C@@H](O)C[C@H](C(=O)NCCC(C)(C)C(N)=O)C(C)C)C(C)C)ccc1OC. The highest BCUT2D eigenvalue weighted by Crippen LogP contribution is 2.32. The van der Waals surface area contributed by atoms with Crippen LogP contribution in [0.2, 0.25) is 0 Å². The number of nitrogens with one attached hydrogen (secondary N) is 1. The van der Waals surface area contributed by atoms with Crippen molar-refractivity contribution < 1.29 is 28.9 Å². The van der Waals surface area contributed by atoms with Crippen LogP contribution in [0.1, 0.15) is 72.8 Å². The van der Waals surface area contributed by atoms with E-state index >= 15 is 0 Å². The molecule has 9 nitrogen and oxygen atoms in total. The first-order valence-corrected chi connectivity index (χ1v) is 14.5. The maximum atomic E-state index is 13.0. The van der Waals surface area contributed by atoms with E-state index in [1.807, 2.05) is 32.0 Å². The minimum Gasteiger partial charge on any atom is -0.493 e. The fourth-order valence-electron chi connectivity index (χ4n) is 4.62. The monoisotopic (exact) mass is 565 g/mol. The molecule has 6 N–H and O–H groups in total. The molecular formula is C31H55N3O6. The normalized spacial score (nSPS) is 15.0. The molecule has 1 aromatic rings. The van der Waals surface area contributed by atoms with Gasteiger partial charge in [-0.25, -0.2) is 0 Å². The lowest BCUT2D eigenvalue weighted by Crippen LogP contribution is -2.43. The van der Waals surface area contributed by atoms with Gasteiger partial charge >= 0.3 is 0 Å². The molecule has 0 aliphatic heterocycles. The van der Waals surface area contributed by atoms with Gasteiger partial charge < -0.3 is 36.1 Å². The highest BCUT2D eigenvalue weighted by atomic mass is 16.5. The number of nitrogens with two attached hydrogens (primary N) is 2. The molecule has 0 aliphatic carbocycles. The van der Waals surface area contributed by atoms with Crippen LogP contribution in [0.15, 0.2) is 18.2 Å². The summed E-state index contributed by atoms with van der Waals surface area (Å²) in [5.74, 6) is 1.04. The molecule has 2 amide bonds. The average molecular weight is 566 g/mol. The number of carbonyl (C=O) groups excluding carboxylic acids is 2. The van der Waals surface area contributed by atoms with Crippen LogP contribution in [-0.4, -0.2) is 63.0 Å². The molecule has 1 rings (SSSR count). The number of ether oxygens (including phenoxy) is 3. The summed E-state index contributed by atoms with van der Waals surface area (Å²) in [4.78, 5) is 24.5. The van der Waals surface area contributed by atoms with E-state index in [9.17, 15) is 14.7 Å². The van der Waals surface area contributed by atoms with Crippen LogP contribution in [0.3, 0.4) is 0 Å². The number of hydrogen-bond donors (Lipinski definition) is 4. The predicted octanol–water partition coefficient (Wildman–Crippen LogP) is 3.68. The summed E-state index contributed by atoms with van der Waals surface area (Å²) in [5, 5.41) is 14.0. The second-order valence-electron chi connectivity index (χ2n) is 12.2. The molecule has 0 saturated heterocycles. The van der Waals surface area contributed by atoms with Crippen molar-refractivity contribution in [3.05, 3.63) is 23.8 Å². The molecule has 0 fully saturated rings. The molecule has 230 valence electrons. The third-order valence-electron chi connectivity index (χ3n) is 7.84. The molecule has 0 spiro atoms. The van der Waals surface area contributed by atoms with Gasteiger partial charge in [0.05, 0.1) is 19.8 Å². The van der Waals surface area contributed by atoms with Crippen LogP contribution < -0.4 is 26.3 Å². The highest BCUT2D eigenvalue weighted by Gasteiger charge is 2.31. The zero-order chi connectivity index (χ0) is 30.5. The summed E-state index contributed by atoms with van der Waals surface area (Å²) >= 11 is 0. The summed E-state index contributed by atoms with van der Waals surface area (Å²) in [6.45, 7) is 13.3. The Morgan fingerprint density at radius 3 is 2.25 bits per heavy atom. The maximum absolute atomic E-state index is 13.0. The van der Waals surface area contributed by atoms with Crippen molar-refractivity contribution >= 4 is 11.8 Å². The van der Waals surface area contributed by atoms with E-state index in [4.69, 9.17) is 25.7 Å². The maximum Gasteiger partial charge on any atom is 0.223 e. The van der Waals surface area contributed by atoms with E-state index in [2.05, 4.69) is 19.2 Å². The van der Waals surface area contributed by atoms with E-state index < -0.39 is 29.4 Å². The molecular weight excluding hydrogens is 510 g/mol. The Morgan fingerprint density at radius 2 is 1.70 bits per heavy atom. The second kappa shape index (κ2) is 17.5. The van der Waals surface area contributed by atoms with Crippen molar-refractivity contribution in [2.45, 2.75) is 85.8 Å². The van der Waals surface area contributed by atoms with E-state index in [1.165, 1.54) is 0 Å². The number of carbonyl (C=O) groups is 2. The van der Waals surface area contributed by atoms with Gasteiger partial charge in [-0.2, -0.15) is 0 Å². The van der Waals surface area contributed by atoms with Gasteiger partial charge in [0.25, 0.3) is 0 Å². The number of rotatable bonds is 20. The number of amides is 2. The zero-order valence-corrected chi connectivity index (χ0v) is 26.0. The summed E-state index contributed by atoms with van der Waals surface area (Å²) in [6.07, 6.45) is 2.08. The third-order valence-corrected chi connectivity index (χ3v) is 7.84. The Labute approximate surface area is 241 Å². The van der Waals surface area contributed by atoms with Gasteiger partial charge in [0.2, 0.25) is 11.8 Å². The summed E-state index contributed by atoms with van der Waals surface area (Å²) in [5.41, 5.74) is 12.4. The van der Waals surface area contributed by atoms with Gasteiger partial charge in [0.15, 0.2) is 11.5 Å². The van der Waals surface area contributed by atoms with Crippen LogP contribution in [-0.2, 0) is 20.7 Å². The Balaban J connectivity index is 2.83. The van der Waals surface area contributed by atoms with Gasteiger partial charge in [-0.15, -0.1) is 0 Å². The van der Waals surface area contributed by atoms with Crippen LogP contribution in [0.5, 0.6) is 11.5 Å². The van der Waals surface area contributed by atoms with Crippen molar-refractivity contribution in [2.75, 3.05) is 34.0 Å². The molecule has 0 aromatic heterocycles. The predicted molar refractivity (Wildman–Crippen MR) is 159 cm³/mol. The topological polar surface area (TPSA) is 146 Å².